The number of anilines is 1. The van der Waals surface area contributed by atoms with E-state index in [4.69, 9.17) is 30.2 Å². The van der Waals surface area contributed by atoms with E-state index in [2.05, 4.69) is 189 Å². The number of halogens is 2. The molecular formula is C46H53Cl2FeN3. The molecule has 0 amide bonds. The molecule has 3 nitrogen and oxygen atoms in total. The number of aryl methyl sites for hydroxylation is 2. The third kappa shape index (κ3) is 10.3. The van der Waals surface area contributed by atoms with Crippen LogP contribution >= 0.6 is 20.2 Å². The van der Waals surface area contributed by atoms with E-state index in [1.54, 1.807) is 0 Å². The van der Waals surface area contributed by atoms with Crippen LogP contribution in [0, 0.1) is 13.8 Å². The van der Waals surface area contributed by atoms with Gasteiger partial charge in [0.25, 0.3) is 0 Å². The monoisotopic (exact) mass is 773 g/mol. The van der Waals surface area contributed by atoms with Gasteiger partial charge in [-0.25, -0.2) is 9.98 Å². The molecule has 0 aliphatic rings. The second-order valence-electron chi connectivity index (χ2n) is 14.5. The van der Waals surface area contributed by atoms with Gasteiger partial charge in [0.15, 0.2) is 0 Å². The molecule has 5 rings (SSSR count). The van der Waals surface area contributed by atoms with Crippen LogP contribution in [-0.4, -0.2) is 11.7 Å². The van der Waals surface area contributed by atoms with Gasteiger partial charge in [-0.15, -0.1) is 0 Å². The average Bonchev–Trinajstić information content (AvgIpc) is 3.12. The van der Waals surface area contributed by atoms with Gasteiger partial charge in [-0.1, -0.05) is 170 Å². The van der Waals surface area contributed by atoms with Crippen molar-refractivity contribution >= 4 is 48.9 Å². The molecule has 6 heteroatoms. The molecule has 0 heterocycles. The normalized spacial score (nSPS) is 12.2. The topological polar surface area (TPSA) is 28.0 Å². The Bertz CT molecular complexity index is 1770. The summed E-state index contributed by atoms with van der Waals surface area (Å²) in [4.78, 5) is 13.8. The quantitative estimate of drug-likeness (QED) is 0.0833. The Morgan fingerprint density at radius 3 is 1.06 bits per heavy atom. The van der Waals surface area contributed by atoms with Crippen LogP contribution < -0.4 is 4.90 Å². The van der Waals surface area contributed by atoms with Gasteiger partial charge in [0, 0.05) is 16.8 Å². The van der Waals surface area contributed by atoms with Gasteiger partial charge in [-0.3, -0.25) is 4.90 Å². The number of amidine groups is 2. The molecule has 52 heavy (non-hydrogen) atoms. The SMILES string of the molecule is Cc1ccc(C(=Nc2c(C(C)C)cccc2C(C)C)N(C(=Nc2c(C(C)C)cccc2C(C)C)c2ccc(C)cc2)c2ccccc2)cc1.[Cl][Fe][Cl]. The van der Waals surface area contributed by atoms with Crippen molar-refractivity contribution in [3.8, 4) is 0 Å². The minimum absolute atomic E-state index is 0.194. The molecule has 0 unspecified atom stereocenters. The van der Waals surface area contributed by atoms with Crippen LogP contribution in [0.25, 0.3) is 0 Å². The Morgan fingerprint density at radius 2 is 0.769 bits per heavy atom. The van der Waals surface area contributed by atoms with E-state index in [1.165, 1.54) is 33.4 Å². The summed E-state index contributed by atoms with van der Waals surface area (Å²) >= 11 is 0.194. The third-order valence-electron chi connectivity index (χ3n) is 9.18. The molecule has 0 saturated heterocycles. The summed E-state index contributed by atoms with van der Waals surface area (Å²) < 4.78 is 0. The third-order valence-corrected chi connectivity index (χ3v) is 9.18. The van der Waals surface area contributed by atoms with Gasteiger partial charge in [0.2, 0.25) is 0 Å². The molecule has 5 aromatic rings. The predicted molar refractivity (Wildman–Crippen MR) is 225 cm³/mol. The Morgan fingerprint density at radius 1 is 0.462 bits per heavy atom. The summed E-state index contributed by atoms with van der Waals surface area (Å²) in [6.07, 6.45) is 0. The molecule has 0 atom stereocenters. The minimum atomic E-state index is 0.194. The molecule has 274 valence electrons. The zero-order chi connectivity index (χ0) is 37.9. The molecule has 0 fully saturated rings. The van der Waals surface area contributed by atoms with Crippen molar-refractivity contribution in [2.75, 3.05) is 4.90 Å². The molecule has 0 N–H and O–H groups in total. The molecule has 5 aromatic carbocycles. The molecule has 0 aliphatic carbocycles. The van der Waals surface area contributed by atoms with Crippen LogP contribution in [0.5, 0.6) is 0 Å². The maximum absolute atomic E-state index is 5.76. The van der Waals surface area contributed by atoms with Gasteiger partial charge in [0.1, 0.15) is 11.7 Å². The first kappa shape index (κ1) is 41.1. The van der Waals surface area contributed by atoms with Crippen LogP contribution in [0.4, 0.5) is 17.1 Å². The van der Waals surface area contributed by atoms with Crippen molar-refractivity contribution in [2.45, 2.75) is 92.9 Å². The molecule has 0 saturated carbocycles. The van der Waals surface area contributed by atoms with Crippen molar-refractivity contribution < 1.29 is 13.1 Å². The van der Waals surface area contributed by atoms with Gasteiger partial charge < -0.3 is 0 Å². The van der Waals surface area contributed by atoms with E-state index < -0.39 is 0 Å². The number of nitrogens with zero attached hydrogens (tertiary/aromatic N) is 3. The van der Waals surface area contributed by atoms with E-state index in [0.29, 0.717) is 23.7 Å². The Labute approximate surface area is 327 Å². The summed E-state index contributed by atoms with van der Waals surface area (Å²) in [5.41, 5.74) is 12.5. The first-order valence-corrected chi connectivity index (χ1v) is 21.2. The van der Waals surface area contributed by atoms with Crippen LogP contribution in [-0.2, 0) is 13.1 Å². The zero-order valence-electron chi connectivity index (χ0n) is 32.2. The van der Waals surface area contributed by atoms with Crippen molar-refractivity contribution in [1.29, 1.82) is 0 Å². The number of para-hydroxylation sites is 3. The molecule has 0 aromatic heterocycles. The fraction of sp³-hybridized carbons (Fsp3) is 0.304. The maximum atomic E-state index is 5.76. The first-order chi connectivity index (χ1) is 24.9. The van der Waals surface area contributed by atoms with Crippen LogP contribution in [0.2, 0.25) is 0 Å². The number of rotatable bonds is 9. The molecular weight excluding hydrogens is 721 g/mol. The summed E-state index contributed by atoms with van der Waals surface area (Å²) in [5.74, 6) is 2.90. The average molecular weight is 775 g/mol. The Balaban J connectivity index is 0.00000195. The van der Waals surface area contributed by atoms with E-state index in [1.807, 2.05) is 0 Å². The van der Waals surface area contributed by atoms with Crippen molar-refractivity contribution in [2.24, 2.45) is 9.98 Å². The summed E-state index contributed by atoms with van der Waals surface area (Å²) in [6.45, 7) is 22.3. The number of hydrogen-bond donors (Lipinski definition) is 0. The summed E-state index contributed by atoms with van der Waals surface area (Å²) in [5, 5.41) is 0. The van der Waals surface area contributed by atoms with Gasteiger partial charge >= 0.3 is 33.3 Å². The summed E-state index contributed by atoms with van der Waals surface area (Å²) in [7, 11) is 9.53. The van der Waals surface area contributed by atoms with E-state index >= 15 is 0 Å². The fourth-order valence-electron chi connectivity index (χ4n) is 6.31. The van der Waals surface area contributed by atoms with Gasteiger partial charge in [0.05, 0.1) is 11.4 Å². The van der Waals surface area contributed by atoms with Crippen LogP contribution in [0.3, 0.4) is 0 Å². The fourth-order valence-corrected chi connectivity index (χ4v) is 6.31. The second-order valence-corrected chi connectivity index (χ2v) is 16.3. The summed E-state index contributed by atoms with van der Waals surface area (Å²) in [6, 6.07) is 41.4. The molecule has 0 spiro atoms. The molecule has 0 bridgehead atoms. The van der Waals surface area contributed by atoms with Gasteiger partial charge in [-0.05, 0) is 71.9 Å². The zero-order valence-corrected chi connectivity index (χ0v) is 34.8. The van der Waals surface area contributed by atoms with Gasteiger partial charge in [-0.2, -0.15) is 0 Å². The molecule has 0 radical (unpaired) electrons. The van der Waals surface area contributed by atoms with E-state index in [-0.39, 0.29) is 13.1 Å². The number of hydrogen-bond acceptors (Lipinski definition) is 2. The predicted octanol–water partition coefficient (Wildman–Crippen LogP) is 14.5. The van der Waals surface area contributed by atoms with Crippen molar-refractivity contribution in [1.82, 2.24) is 0 Å². The first-order valence-electron chi connectivity index (χ1n) is 18.1. The number of benzene rings is 5. The second kappa shape index (κ2) is 19.4. The number of aliphatic imine (C=N–C) groups is 2. The van der Waals surface area contributed by atoms with Crippen LogP contribution in [0.15, 0.2) is 125 Å². The van der Waals surface area contributed by atoms with Crippen LogP contribution in [0.1, 0.15) is 124 Å². The molecule has 0 aliphatic heterocycles. The standard InChI is InChI=1S/C46H53N3.2ClH.Fe/c1-30(2)39-18-14-19-40(31(3)4)43(39)47-45(36-26-22-34(9)23-27-36)49(38-16-12-11-13-17-38)46(37-28-24-35(10)25-29-37)48-44-41(32(5)6)20-15-21-42(44)33(7)8;;;/h11-33H,1-10H3;2*1H;/q;;;+2/p-2. The van der Waals surface area contributed by atoms with Crippen molar-refractivity contribution in [3.05, 3.63) is 160 Å². The van der Waals surface area contributed by atoms with E-state index in [9.17, 15) is 0 Å². The van der Waals surface area contributed by atoms with E-state index in [0.717, 1.165) is 39.9 Å². The Hall–Kier alpha value is -3.66. The van der Waals surface area contributed by atoms with Crippen molar-refractivity contribution in [3.63, 3.8) is 0 Å². The Kier molecular flexibility index (Phi) is 15.4.